The fraction of sp³-hybridized carbons (Fsp3) is 0.294. The summed E-state index contributed by atoms with van der Waals surface area (Å²) in [6.45, 7) is 1.12. The van der Waals surface area contributed by atoms with Gasteiger partial charge in [0.25, 0.3) is 5.56 Å². The molecule has 1 saturated heterocycles. The fourth-order valence-corrected chi connectivity index (χ4v) is 5.10. The van der Waals surface area contributed by atoms with Crippen molar-refractivity contribution in [1.82, 2.24) is 24.3 Å². The zero-order valence-electron chi connectivity index (χ0n) is 14.4. The molecule has 1 aliphatic rings. The molecule has 2 aromatic heterocycles. The molecule has 0 amide bonds. The van der Waals surface area contributed by atoms with Gasteiger partial charge in [0.05, 0.1) is 16.3 Å². The van der Waals surface area contributed by atoms with Crippen molar-refractivity contribution in [3.8, 4) is 0 Å². The minimum absolute atomic E-state index is 0.191. The van der Waals surface area contributed by atoms with Gasteiger partial charge in [-0.25, -0.2) is 13.4 Å². The Morgan fingerprint density at radius 2 is 1.85 bits per heavy atom. The Bertz CT molecular complexity index is 1120. The number of pyridine rings is 1. The van der Waals surface area contributed by atoms with Crippen molar-refractivity contribution in [1.29, 1.82) is 0 Å². The van der Waals surface area contributed by atoms with E-state index >= 15 is 0 Å². The average Bonchev–Trinajstić information content (AvgIpc) is 3.24. The lowest BCUT2D eigenvalue weighted by atomic mass is 10.2. The lowest BCUT2D eigenvalue weighted by Crippen LogP contribution is -2.27. The van der Waals surface area contributed by atoms with Crippen LogP contribution in [0.25, 0.3) is 10.9 Å². The van der Waals surface area contributed by atoms with Gasteiger partial charge in [-0.1, -0.05) is 29.1 Å². The quantitative estimate of drug-likeness (QED) is 0.598. The third-order valence-electron chi connectivity index (χ3n) is 4.38. The molecule has 1 fully saturated rings. The molecule has 0 spiro atoms. The van der Waals surface area contributed by atoms with Crippen molar-refractivity contribution < 1.29 is 8.42 Å². The zero-order chi connectivity index (χ0) is 18.9. The SMILES string of the molecule is O=c1c2ccccc2nnn1CSc1ccc(S(=O)(=O)N2CCCC2)cn1. The highest BCUT2D eigenvalue weighted by Gasteiger charge is 2.27. The molecule has 10 heteroatoms. The van der Waals surface area contributed by atoms with Crippen LogP contribution in [0.15, 0.2) is 57.3 Å². The van der Waals surface area contributed by atoms with Gasteiger partial charge in [0, 0.05) is 19.3 Å². The van der Waals surface area contributed by atoms with E-state index in [9.17, 15) is 13.2 Å². The summed E-state index contributed by atoms with van der Waals surface area (Å²) in [5.74, 6) is 0.238. The van der Waals surface area contributed by atoms with Gasteiger partial charge in [-0.2, -0.15) is 8.99 Å². The molecule has 0 N–H and O–H groups in total. The molecule has 4 rings (SSSR count). The molecule has 0 aliphatic carbocycles. The first-order valence-electron chi connectivity index (χ1n) is 8.47. The second-order valence-corrected chi connectivity index (χ2v) is 9.03. The van der Waals surface area contributed by atoms with Crippen molar-refractivity contribution in [3.05, 3.63) is 52.9 Å². The van der Waals surface area contributed by atoms with E-state index in [2.05, 4.69) is 15.3 Å². The number of aromatic nitrogens is 4. The van der Waals surface area contributed by atoms with Crippen LogP contribution in [0.5, 0.6) is 0 Å². The van der Waals surface area contributed by atoms with Gasteiger partial charge < -0.3 is 0 Å². The van der Waals surface area contributed by atoms with Crippen LogP contribution in [0.3, 0.4) is 0 Å². The van der Waals surface area contributed by atoms with Gasteiger partial charge in [0.2, 0.25) is 10.0 Å². The molecule has 0 unspecified atom stereocenters. The lowest BCUT2D eigenvalue weighted by Gasteiger charge is -2.15. The number of nitrogens with zero attached hydrogens (tertiary/aromatic N) is 5. The Morgan fingerprint density at radius 3 is 2.59 bits per heavy atom. The fourth-order valence-electron chi connectivity index (χ4n) is 2.92. The van der Waals surface area contributed by atoms with Crippen LogP contribution >= 0.6 is 11.8 Å². The van der Waals surface area contributed by atoms with Gasteiger partial charge in [-0.15, -0.1) is 5.10 Å². The molecular formula is C17H17N5O3S2. The number of thioether (sulfide) groups is 1. The molecular weight excluding hydrogens is 386 g/mol. The van der Waals surface area contributed by atoms with E-state index in [-0.39, 0.29) is 16.3 Å². The maximum atomic E-state index is 12.5. The van der Waals surface area contributed by atoms with Gasteiger partial charge in [0.1, 0.15) is 10.4 Å². The maximum Gasteiger partial charge on any atom is 0.278 e. The highest BCUT2D eigenvalue weighted by Crippen LogP contribution is 2.23. The molecule has 1 aliphatic heterocycles. The summed E-state index contributed by atoms with van der Waals surface area (Å²) in [6, 6.07) is 10.2. The smallest absolute Gasteiger partial charge is 0.267 e. The van der Waals surface area contributed by atoms with Crippen LogP contribution in [0.1, 0.15) is 12.8 Å². The Balaban J connectivity index is 1.49. The summed E-state index contributed by atoms with van der Waals surface area (Å²) < 4.78 is 27.8. The number of hydrogen-bond acceptors (Lipinski definition) is 7. The van der Waals surface area contributed by atoms with Crippen molar-refractivity contribution in [2.75, 3.05) is 13.1 Å². The number of fused-ring (bicyclic) bond motifs is 1. The molecule has 0 radical (unpaired) electrons. The number of benzene rings is 1. The first-order chi connectivity index (χ1) is 13.1. The normalized spacial score (nSPS) is 15.4. The molecule has 3 heterocycles. The van der Waals surface area contributed by atoms with Gasteiger partial charge in [-0.3, -0.25) is 4.79 Å². The Hall–Kier alpha value is -2.30. The Kier molecular flexibility index (Phi) is 4.94. The second-order valence-electron chi connectivity index (χ2n) is 6.13. The summed E-state index contributed by atoms with van der Waals surface area (Å²) in [7, 11) is -3.47. The third-order valence-corrected chi connectivity index (χ3v) is 7.17. The third kappa shape index (κ3) is 3.60. The van der Waals surface area contributed by atoms with Gasteiger partial charge >= 0.3 is 0 Å². The van der Waals surface area contributed by atoms with E-state index in [0.717, 1.165) is 12.8 Å². The summed E-state index contributed by atoms with van der Waals surface area (Å²) in [5.41, 5.74) is 0.333. The molecule has 0 atom stereocenters. The summed E-state index contributed by atoms with van der Waals surface area (Å²) in [5, 5.41) is 9.09. The largest absolute Gasteiger partial charge is 0.278 e. The van der Waals surface area contributed by atoms with E-state index in [1.807, 2.05) is 0 Å². The molecule has 140 valence electrons. The lowest BCUT2D eigenvalue weighted by molar-refractivity contribution is 0.477. The topological polar surface area (TPSA) is 98.0 Å². The van der Waals surface area contributed by atoms with Crippen LogP contribution in [0.2, 0.25) is 0 Å². The van der Waals surface area contributed by atoms with E-state index in [4.69, 9.17) is 0 Å². The highest BCUT2D eigenvalue weighted by atomic mass is 32.2. The first kappa shape index (κ1) is 18.1. The van der Waals surface area contributed by atoms with Gasteiger partial charge in [-0.05, 0) is 37.1 Å². The van der Waals surface area contributed by atoms with Crippen molar-refractivity contribution in [3.63, 3.8) is 0 Å². The monoisotopic (exact) mass is 403 g/mol. The molecule has 27 heavy (non-hydrogen) atoms. The Morgan fingerprint density at radius 1 is 1.07 bits per heavy atom. The standard InChI is InChI=1S/C17H17N5O3S2/c23-17-14-5-1-2-6-15(14)19-20-22(17)12-26-16-8-7-13(11-18-16)27(24,25)21-9-3-4-10-21/h1-2,5-8,11H,3-4,9-10,12H2. The minimum Gasteiger partial charge on any atom is -0.267 e. The summed E-state index contributed by atoms with van der Waals surface area (Å²) in [6.07, 6.45) is 3.15. The van der Waals surface area contributed by atoms with Crippen LogP contribution in [-0.4, -0.2) is 45.8 Å². The zero-order valence-corrected chi connectivity index (χ0v) is 16.0. The maximum absolute atomic E-state index is 12.5. The van der Waals surface area contributed by atoms with Crippen molar-refractivity contribution in [2.45, 2.75) is 28.6 Å². The average molecular weight is 403 g/mol. The number of hydrogen-bond donors (Lipinski definition) is 0. The van der Waals surface area contributed by atoms with Crippen molar-refractivity contribution >= 4 is 32.7 Å². The van der Waals surface area contributed by atoms with Crippen LogP contribution in [0.4, 0.5) is 0 Å². The predicted octanol–water partition coefficient (Wildman–Crippen LogP) is 1.72. The highest BCUT2D eigenvalue weighted by molar-refractivity contribution is 7.98. The van der Waals surface area contributed by atoms with Crippen LogP contribution in [-0.2, 0) is 15.9 Å². The van der Waals surface area contributed by atoms with Crippen LogP contribution < -0.4 is 5.56 Å². The second kappa shape index (κ2) is 7.37. The van der Waals surface area contributed by atoms with Gasteiger partial charge in [0.15, 0.2) is 0 Å². The van der Waals surface area contributed by atoms with Crippen LogP contribution in [0, 0.1) is 0 Å². The molecule has 0 saturated carbocycles. The molecule has 1 aromatic carbocycles. The van der Waals surface area contributed by atoms with E-state index in [1.54, 1.807) is 36.4 Å². The van der Waals surface area contributed by atoms with E-state index in [1.165, 1.54) is 26.9 Å². The summed E-state index contributed by atoms with van der Waals surface area (Å²) >= 11 is 1.29. The molecule has 8 nitrogen and oxygen atoms in total. The molecule has 3 aromatic rings. The first-order valence-corrected chi connectivity index (χ1v) is 10.9. The predicted molar refractivity (Wildman–Crippen MR) is 102 cm³/mol. The molecule has 0 bridgehead atoms. The number of rotatable bonds is 5. The minimum atomic E-state index is -3.47. The van der Waals surface area contributed by atoms with Crippen molar-refractivity contribution in [2.24, 2.45) is 0 Å². The number of sulfonamides is 1. The van der Waals surface area contributed by atoms with E-state index in [0.29, 0.717) is 29.0 Å². The Labute approximate surface area is 160 Å². The van der Waals surface area contributed by atoms with E-state index < -0.39 is 10.0 Å². The summed E-state index contributed by atoms with van der Waals surface area (Å²) in [4.78, 5) is 16.8.